The normalized spacial score (nSPS) is 12.6. The van der Waals surface area contributed by atoms with Crippen LogP contribution in [0.3, 0.4) is 0 Å². The molecule has 3 aromatic rings. The number of nitrogens with zero attached hydrogens (tertiary/aromatic N) is 1. The van der Waals surface area contributed by atoms with Crippen molar-refractivity contribution in [3.8, 4) is 0 Å². The Morgan fingerprint density at radius 2 is 2.19 bits per heavy atom. The molecule has 0 amide bonds. The number of hydrogen-bond donors (Lipinski definition) is 1. The molecule has 0 radical (unpaired) electrons. The number of hydrogen-bond acceptors (Lipinski definition) is 3. The maximum Gasteiger partial charge on any atom is 0.0705 e. The Morgan fingerprint density at radius 3 is 3.00 bits per heavy atom. The van der Waals surface area contributed by atoms with Crippen molar-refractivity contribution in [1.82, 2.24) is 10.3 Å². The topological polar surface area (TPSA) is 24.9 Å². The highest BCUT2D eigenvalue weighted by molar-refractivity contribution is 7.07. The summed E-state index contributed by atoms with van der Waals surface area (Å²) in [6.45, 7) is 3.24. The van der Waals surface area contributed by atoms with E-state index in [0.29, 0.717) is 6.04 Å². The van der Waals surface area contributed by atoms with Crippen LogP contribution in [0.4, 0.5) is 0 Å². The molecule has 21 heavy (non-hydrogen) atoms. The summed E-state index contributed by atoms with van der Waals surface area (Å²) < 4.78 is 0. The second-order valence-electron chi connectivity index (χ2n) is 5.30. The molecule has 1 unspecified atom stereocenters. The third-order valence-electron chi connectivity index (χ3n) is 3.69. The third-order valence-corrected chi connectivity index (χ3v) is 4.43. The molecule has 0 fully saturated rings. The second kappa shape index (κ2) is 6.83. The van der Waals surface area contributed by atoms with Gasteiger partial charge in [-0.1, -0.05) is 25.1 Å². The smallest absolute Gasteiger partial charge is 0.0705 e. The molecule has 3 heteroatoms. The number of thiophene rings is 1. The van der Waals surface area contributed by atoms with E-state index in [1.54, 1.807) is 11.3 Å². The first-order valence-electron chi connectivity index (χ1n) is 7.46. The Kier molecular flexibility index (Phi) is 4.63. The number of benzene rings is 1. The maximum atomic E-state index is 4.48. The summed E-state index contributed by atoms with van der Waals surface area (Å²) in [6, 6.07) is 13.3. The number of fused-ring (bicyclic) bond motifs is 1. The SMILES string of the molecule is CCCNC(Cc1ccsc1)c1ccc2cccnc2c1. The Labute approximate surface area is 129 Å². The van der Waals surface area contributed by atoms with Crippen LogP contribution in [0.2, 0.25) is 0 Å². The van der Waals surface area contributed by atoms with Crippen molar-refractivity contribution < 1.29 is 0 Å². The summed E-state index contributed by atoms with van der Waals surface area (Å²) in [4.78, 5) is 4.48. The Bertz CT molecular complexity index is 691. The Morgan fingerprint density at radius 1 is 1.24 bits per heavy atom. The molecule has 1 aromatic carbocycles. The van der Waals surface area contributed by atoms with Gasteiger partial charge in [0, 0.05) is 17.6 Å². The van der Waals surface area contributed by atoms with Crippen LogP contribution in [0, 0.1) is 0 Å². The number of nitrogens with one attached hydrogen (secondary N) is 1. The minimum atomic E-state index is 0.353. The van der Waals surface area contributed by atoms with Gasteiger partial charge in [-0.3, -0.25) is 4.98 Å². The quantitative estimate of drug-likeness (QED) is 0.720. The summed E-state index contributed by atoms with van der Waals surface area (Å²) in [5.74, 6) is 0. The van der Waals surface area contributed by atoms with Crippen LogP contribution < -0.4 is 5.32 Å². The lowest BCUT2D eigenvalue weighted by Gasteiger charge is -2.19. The van der Waals surface area contributed by atoms with E-state index in [-0.39, 0.29) is 0 Å². The predicted octanol–water partition coefficient (Wildman–Crippen LogP) is 4.58. The van der Waals surface area contributed by atoms with E-state index >= 15 is 0 Å². The van der Waals surface area contributed by atoms with Gasteiger partial charge in [0.1, 0.15) is 0 Å². The van der Waals surface area contributed by atoms with Gasteiger partial charge in [-0.2, -0.15) is 11.3 Å². The molecule has 0 saturated heterocycles. The first-order valence-corrected chi connectivity index (χ1v) is 8.40. The Hall–Kier alpha value is -1.71. The van der Waals surface area contributed by atoms with Crippen molar-refractivity contribution in [2.45, 2.75) is 25.8 Å². The molecule has 2 heterocycles. The van der Waals surface area contributed by atoms with E-state index in [0.717, 1.165) is 24.9 Å². The third kappa shape index (κ3) is 3.49. The number of aromatic nitrogens is 1. The van der Waals surface area contributed by atoms with Gasteiger partial charge in [0.05, 0.1) is 5.52 Å². The molecule has 0 saturated carbocycles. The zero-order chi connectivity index (χ0) is 14.5. The van der Waals surface area contributed by atoms with Crippen LogP contribution in [0.1, 0.15) is 30.5 Å². The van der Waals surface area contributed by atoms with E-state index in [9.17, 15) is 0 Å². The maximum absolute atomic E-state index is 4.48. The van der Waals surface area contributed by atoms with Crippen LogP contribution in [-0.4, -0.2) is 11.5 Å². The summed E-state index contributed by atoms with van der Waals surface area (Å²) >= 11 is 1.76. The van der Waals surface area contributed by atoms with Gasteiger partial charge in [-0.15, -0.1) is 0 Å². The number of pyridine rings is 1. The molecule has 2 aromatic heterocycles. The minimum absolute atomic E-state index is 0.353. The molecule has 1 N–H and O–H groups in total. The van der Waals surface area contributed by atoms with Crippen molar-refractivity contribution in [3.63, 3.8) is 0 Å². The Balaban J connectivity index is 1.89. The standard InChI is InChI=1S/C18H20N2S/c1-2-8-19-17(11-14-7-10-21-13-14)16-6-5-15-4-3-9-20-18(15)12-16/h3-7,9-10,12-13,17,19H,2,8,11H2,1H3. The first-order chi connectivity index (χ1) is 10.4. The van der Waals surface area contributed by atoms with Gasteiger partial charge in [0.25, 0.3) is 0 Å². The summed E-state index contributed by atoms with van der Waals surface area (Å²) in [5.41, 5.74) is 3.79. The van der Waals surface area contributed by atoms with Crippen LogP contribution in [0.5, 0.6) is 0 Å². The molecule has 0 aliphatic rings. The van der Waals surface area contributed by atoms with E-state index in [1.807, 2.05) is 12.3 Å². The van der Waals surface area contributed by atoms with E-state index in [4.69, 9.17) is 0 Å². The molecule has 0 spiro atoms. The van der Waals surface area contributed by atoms with Gasteiger partial charge < -0.3 is 5.32 Å². The summed E-state index contributed by atoms with van der Waals surface area (Å²) in [5, 5.41) is 9.25. The zero-order valence-corrected chi connectivity index (χ0v) is 13.1. The van der Waals surface area contributed by atoms with Crippen LogP contribution in [0.15, 0.2) is 53.4 Å². The van der Waals surface area contributed by atoms with Gasteiger partial charge >= 0.3 is 0 Å². The fraction of sp³-hybridized carbons (Fsp3) is 0.278. The van der Waals surface area contributed by atoms with Crippen LogP contribution in [-0.2, 0) is 6.42 Å². The lowest BCUT2D eigenvalue weighted by atomic mass is 9.99. The lowest BCUT2D eigenvalue weighted by Crippen LogP contribution is -2.24. The number of rotatable bonds is 6. The lowest BCUT2D eigenvalue weighted by molar-refractivity contribution is 0.530. The highest BCUT2D eigenvalue weighted by Crippen LogP contribution is 2.23. The fourth-order valence-electron chi connectivity index (χ4n) is 2.57. The summed E-state index contributed by atoms with van der Waals surface area (Å²) in [6.07, 6.45) is 4.03. The minimum Gasteiger partial charge on any atom is -0.310 e. The molecular weight excluding hydrogens is 276 g/mol. The van der Waals surface area contributed by atoms with E-state index < -0.39 is 0 Å². The van der Waals surface area contributed by atoms with Gasteiger partial charge in [0.2, 0.25) is 0 Å². The van der Waals surface area contributed by atoms with Gasteiger partial charge in [-0.05, 0) is 59.5 Å². The van der Waals surface area contributed by atoms with Crippen LogP contribution >= 0.6 is 11.3 Å². The first kappa shape index (κ1) is 14.2. The molecule has 108 valence electrons. The molecule has 0 aliphatic heterocycles. The van der Waals surface area contributed by atoms with Crippen molar-refractivity contribution in [1.29, 1.82) is 0 Å². The highest BCUT2D eigenvalue weighted by atomic mass is 32.1. The van der Waals surface area contributed by atoms with Crippen molar-refractivity contribution >= 4 is 22.2 Å². The van der Waals surface area contributed by atoms with E-state index in [2.05, 4.69) is 58.3 Å². The van der Waals surface area contributed by atoms with Crippen LogP contribution in [0.25, 0.3) is 10.9 Å². The molecule has 0 aliphatic carbocycles. The average molecular weight is 296 g/mol. The highest BCUT2D eigenvalue weighted by Gasteiger charge is 2.12. The molecule has 2 nitrogen and oxygen atoms in total. The largest absolute Gasteiger partial charge is 0.310 e. The van der Waals surface area contributed by atoms with Gasteiger partial charge in [-0.25, -0.2) is 0 Å². The average Bonchev–Trinajstić information content (AvgIpc) is 3.04. The predicted molar refractivity (Wildman–Crippen MR) is 90.8 cm³/mol. The van der Waals surface area contributed by atoms with E-state index in [1.165, 1.54) is 16.5 Å². The zero-order valence-electron chi connectivity index (χ0n) is 12.3. The molecule has 3 rings (SSSR count). The van der Waals surface area contributed by atoms with Crippen molar-refractivity contribution in [3.05, 3.63) is 64.5 Å². The monoisotopic (exact) mass is 296 g/mol. The molecule has 1 atom stereocenters. The second-order valence-corrected chi connectivity index (χ2v) is 6.08. The van der Waals surface area contributed by atoms with Crippen molar-refractivity contribution in [2.75, 3.05) is 6.54 Å². The van der Waals surface area contributed by atoms with Gasteiger partial charge in [0.15, 0.2) is 0 Å². The fourth-order valence-corrected chi connectivity index (χ4v) is 3.25. The summed E-state index contributed by atoms with van der Waals surface area (Å²) in [7, 11) is 0. The molecule has 0 bridgehead atoms. The van der Waals surface area contributed by atoms with Crippen molar-refractivity contribution in [2.24, 2.45) is 0 Å². The molecular formula is C18H20N2S.